The number of rotatable bonds is 0. The molecule has 0 fully saturated rings. The van der Waals surface area contributed by atoms with Crippen LogP contribution < -0.4 is 9.13 Å². The smallest absolute Gasteiger partial charge is 0.171 e. The number of allylic oxidation sites excluding steroid dienone is 2. The fourth-order valence-electron chi connectivity index (χ4n) is 6.03. The van der Waals surface area contributed by atoms with Crippen molar-refractivity contribution in [1.29, 1.82) is 0 Å². The van der Waals surface area contributed by atoms with Crippen molar-refractivity contribution in [2.75, 3.05) is 0 Å². The van der Waals surface area contributed by atoms with E-state index in [9.17, 15) is 0 Å². The fourth-order valence-corrected chi connectivity index (χ4v) is 6.03. The molecule has 2 aromatic rings. The van der Waals surface area contributed by atoms with E-state index in [4.69, 9.17) is 0 Å². The lowest BCUT2D eigenvalue weighted by Gasteiger charge is -2.04. The number of hydrogen-bond donors (Lipinski definition) is 0. The molecule has 3 rings (SSSR count). The second kappa shape index (κ2) is 21.8. The first-order chi connectivity index (χ1) is 19.4. The molecule has 0 radical (unpaired) electrons. The van der Waals surface area contributed by atoms with Gasteiger partial charge in [0, 0.05) is 36.1 Å². The van der Waals surface area contributed by atoms with Crippen molar-refractivity contribution in [3.05, 3.63) is 72.3 Å². The van der Waals surface area contributed by atoms with Gasteiger partial charge in [-0.05, 0) is 76.3 Å². The number of aromatic nitrogens is 2. The predicted octanol–water partition coefficient (Wildman–Crippen LogP) is 9.81. The van der Waals surface area contributed by atoms with Crippen LogP contribution in [0.25, 0.3) is 0 Å². The van der Waals surface area contributed by atoms with E-state index in [1.165, 1.54) is 172 Å². The van der Waals surface area contributed by atoms with Crippen LogP contribution in [-0.2, 0) is 25.9 Å². The number of hydrogen-bond acceptors (Lipinski definition) is 0. The van der Waals surface area contributed by atoms with Gasteiger partial charge in [0.25, 0.3) is 0 Å². The van der Waals surface area contributed by atoms with Crippen LogP contribution in [0.2, 0.25) is 0 Å². The van der Waals surface area contributed by atoms with E-state index in [1.54, 1.807) is 0 Å². The summed E-state index contributed by atoms with van der Waals surface area (Å²) in [7, 11) is 0. The molecule has 1 aliphatic heterocycles. The Morgan fingerprint density at radius 3 is 1.18 bits per heavy atom. The van der Waals surface area contributed by atoms with Crippen LogP contribution in [0.4, 0.5) is 0 Å². The Labute approximate surface area is 242 Å². The average Bonchev–Trinajstić information content (AvgIpc) is 2.95. The van der Waals surface area contributed by atoms with E-state index in [1.807, 2.05) is 0 Å². The highest BCUT2D eigenvalue weighted by Crippen LogP contribution is 2.13. The van der Waals surface area contributed by atoms with Gasteiger partial charge in [0.15, 0.2) is 24.8 Å². The molecule has 2 aromatic heterocycles. The lowest BCUT2D eigenvalue weighted by atomic mass is 10.0. The SMILES string of the molecule is C1=CCCCCCC[n+]2cccc(c2)CCCCCCCCCCCCC[n+]2cccc(c2)CCCCCC1. The van der Waals surface area contributed by atoms with Crippen LogP contribution in [0, 0.1) is 0 Å². The summed E-state index contributed by atoms with van der Waals surface area (Å²) in [6, 6.07) is 9.16. The van der Waals surface area contributed by atoms with E-state index in [-0.39, 0.29) is 0 Å². The Hall–Kier alpha value is -1.96. The largest absolute Gasteiger partial charge is 0.205 e. The first-order valence-electron chi connectivity index (χ1n) is 17.0. The van der Waals surface area contributed by atoms with Gasteiger partial charge in [-0.1, -0.05) is 82.8 Å². The summed E-state index contributed by atoms with van der Waals surface area (Å²) in [6.45, 7) is 2.36. The maximum atomic E-state index is 2.44. The van der Waals surface area contributed by atoms with Crippen LogP contribution in [0.5, 0.6) is 0 Å². The van der Waals surface area contributed by atoms with Gasteiger partial charge in [-0.2, -0.15) is 0 Å². The molecule has 0 aliphatic carbocycles. The molecule has 216 valence electrons. The third kappa shape index (κ3) is 16.0. The predicted molar refractivity (Wildman–Crippen MR) is 167 cm³/mol. The van der Waals surface area contributed by atoms with Crippen LogP contribution in [-0.4, -0.2) is 0 Å². The summed E-state index contributed by atoms with van der Waals surface area (Å²) in [6.07, 6.45) is 45.4. The molecule has 39 heavy (non-hydrogen) atoms. The molecule has 1 aliphatic rings. The Bertz CT molecular complexity index is 815. The van der Waals surface area contributed by atoms with Gasteiger partial charge in [0.2, 0.25) is 0 Å². The van der Waals surface area contributed by atoms with Gasteiger partial charge < -0.3 is 0 Å². The highest BCUT2D eigenvalue weighted by atomic mass is 14.9. The van der Waals surface area contributed by atoms with Crippen molar-refractivity contribution in [1.82, 2.24) is 0 Å². The van der Waals surface area contributed by atoms with Crippen molar-refractivity contribution < 1.29 is 9.13 Å². The second-order valence-corrected chi connectivity index (χ2v) is 12.2. The van der Waals surface area contributed by atoms with Crippen molar-refractivity contribution in [2.24, 2.45) is 0 Å². The Balaban J connectivity index is 1.35. The number of fused-ring (bicyclic) bond motifs is 4. The minimum absolute atomic E-state index is 1.17. The Morgan fingerprint density at radius 2 is 0.744 bits per heavy atom. The molecule has 0 N–H and O–H groups in total. The van der Waals surface area contributed by atoms with E-state index in [0.29, 0.717) is 0 Å². The van der Waals surface area contributed by atoms with Gasteiger partial charge in [-0.3, -0.25) is 0 Å². The summed E-state index contributed by atoms with van der Waals surface area (Å²) in [5, 5.41) is 0. The molecule has 0 saturated heterocycles. The zero-order valence-electron chi connectivity index (χ0n) is 25.3. The van der Waals surface area contributed by atoms with Crippen molar-refractivity contribution in [3.8, 4) is 0 Å². The monoisotopic (exact) mass is 532 g/mol. The molecule has 0 unspecified atom stereocenters. The van der Waals surface area contributed by atoms with Gasteiger partial charge in [-0.15, -0.1) is 0 Å². The molecule has 0 atom stereocenters. The third-order valence-electron chi connectivity index (χ3n) is 8.51. The number of nitrogens with zero attached hydrogens (tertiary/aromatic N) is 2. The summed E-state index contributed by atoms with van der Waals surface area (Å²) in [5.74, 6) is 0. The highest BCUT2D eigenvalue weighted by Gasteiger charge is 2.05. The van der Waals surface area contributed by atoms with Crippen molar-refractivity contribution in [3.63, 3.8) is 0 Å². The molecule has 0 amide bonds. The lowest BCUT2D eigenvalue weighted by Crippen LogP contribution is -2.33. The fraction of sp³-hybridized carbons (Fsp3) is 0.676. The molecule has 0 saturated carbocycles. The number of pyridine rings is 2. The van der Waals surface area contributed by atoms with E-state index in [2.05, 4.69) is 70.3 Å². The standard InChI is InChI=1S/C37H60N2/c1-2-6-10-14-18-22-30-38-32-25-29-37(35-38)27-21-17-13-9-5-3-7-11-15-19-23-31-39-33-24-28-36(34-39)26-20-16-12-8-4-1/h1-2,24-25,28-29,32-35H,3-23,26-27,30-31H2/q+2. The molecular weight excluding hydrogens is 472 g/mol. The van der Waals surface area contributed by atoms with E-state index >= 15 is 0 Å². The van der Waals surface area contributed by atoms with Gasteiger partial charge in [0.1, 0.15) is 13.1 Å². The molecule has 0 aromatic carbocycles. The quantitative estimate of drug-likeness (QED) is 0.236. The van der Waals surface area contributed by atoms with Crippen LogP contribution in [0.3, 0.4) is 0 Å². The molecule has 0 spiro atoms. The molecular formula is C37H60N2+2. The topological polar surface area (TPSA) is 7.76 Å². The van der Waals surface area contributed by atoms with E-state index < -0.39 is 0 Å². The van der Waals surface area contributed by atoms with Crippen molar-refractivity contribution in [2.45, 2.75) is 161 Å². The molecule has 4 bridgehead atoms. The maximum Gasteiger partial charge on any atom is 0.171 e. The molecule has 3 heterocycles. The van der Waals surface area contributed by atoms with Gasteiger partial charge in [0.05, 0.1) is 0 Å². The van der Waals surface area contributed by atoms with Gasteiger partial charge in [-0.25, -0.2) is 9.13 Å². The third-order valence-corrected chi connectivity index (χ3v) is 8.51. The summed E-state index contributed by atoms with van der Waals surface area (Å²) >= 11 is 0. The lowest BCUT2D eigenvalue weighted by molar-refractivity contribution is -0.697. The average molecular weight is 533 g/mol. The zero-order chi connectivity index (χ0) is 27.1. The minimum Gasteiger partial charge on any atom is -0.205 e. The normalized spacial score (nSPS) is 19.7. The second-order valence-electron chi connectivity index (χ2n) is 12.2. The minimum atomic E-state index is 1.17. The zero-order valence-corrected chi connectivity index (χ0v) is 25.3. The summed E-state index contributed by atoms with van der Waals surface area (Å²) < 4.78 is 4.86. The van der Waals surface area contributed by atoms with E-state index in [0.717, 1.165) is 0 Å². The molecule has 2 heteroatoms. The Kier molecular flexibility index (Phi) is 17.7. The van der Waals surface area contributed by atoms with Crippen LogP contribution in [0.15, 0.2) is 61.2 Å². The van der Waals surface area contributed by atoms with Crippen molar-refractivity contribution >= 4 is 0 Å². The first-order valence-corrected chi connectivity index (χ1v) is 17.0. The first kappa shape index (κ1) is 31.6. The van der Waals surface area contributed by atoms with Gasteiger partial charge >= 0.3 is 0 Å². The van der Waals surface area contributed by atoms with Crippen LogP contribution >= 0.6 is 0 Å². The maximum absolute atomic E-state index is 2.44. The molecule has 2 nitrogen and oxygen atoms in total. The summed E-state index contributed by atoms with van der Waals surface area (Å²) in [5.41, 5.74) is 3.04. The highest BCUT2D eigenvalue weighted by molar-refractivity contribution is 5.05. The van der Waals surface area contributed by atoms with Crippen LogP contribution in [0.1, 0.15) is 146 Å². The summed E-state index contributed by atoms with van der Waals surface area (Å²) in [4.78, 5) is 0. The Morgan fingerprint density at radius 1 is 0.385 bits per heavy atom. The number of aryl methyl sites for hydroxylation is 4.